The molecule has 6 rings (SSSR count). The average molecular weight is 634 g/mol. The van der Waals surface area contributed by atoms with Crippen molar-refractivity contribution in [3.8, 4) is 28.7 Å². The molecule has 0 aliphatic carbocycles. The Labute approximate surface area is 265 Å². The van der Waals surface area contributed by atoms with Crippen LogP contribution >= 0.6 is 0 Å². The molecule has 0 bridgehead atoms. The normalized spacial score (nSPS) is 18.4. The van der Waals surface area contributed by atoms with Gasteiger partial charge in [0.15, 0.2) is 28.7 Å². The zero-order valence-corrected chi connectivity index (χ0v) is 25.6. The van der Waals surface area contributed by atoms with Crippen molar-refractivity contribution in [3.05, 3.63) is 60.2 Å². The number of urea groups is 2. The van der Waals surface area contributed by atoms with Crippen molar-refractivity contribution in [3.63, 3.8) is 0 Å². The second-order valence-electron chi connectivity index (χ2n) is 11.3. The summed E-state index contributed by atoms with van der Waals surface area (Å²) in [7, 11) is 1.64. The van der Waals surface area contributed by atoms with E-state index in [4.69, 9.17) is 23.7 Å². The highest BCUT2D eigenvalue weighted by Crippen LogP contribution is 2.37. The Morgan fingerprint density at radius 3 is 2.22 bits per heavy atom. The predicted octanol–water partition coefficient (Wildman–Crippen LogP) is 4.17. The molecule has 3 atom stereocenters. The lowest BCUT2D eigenvalue weighted by Gasteiger charge is -2.38. The van der Waals surface area contributed by atoms with Crippen LogP contribution in [0.2, 0.25) is 0 Å². The maximum absolute atomic E-state index is 13.8. The van der Waals surface area contributed by atoms with Gasteiger partial charge in [0, 0.05) is 43.0 Å². The number of nitrogens with one attached hydrogen (secondary N) is 3. The first-order valence-electron chi connectivity index (χ1n) is 14.8. The van der Waals surface area contributed by atoms with Gasteiger partial charge in [-0.1, -0.05) is 13.0 Å². The monoisotopic (exact) mass is 633 g/mol. The Balaban J connectivity index is 1.23. The second-order valence-corrected chi connectivity index (χ2v) is 11.3. The summed E-state index contributed by atoms with van der Waals surface area (Å²) in [5, 5.41) is 18.4. The molecule has 0 saturated heterocycles. The van der Waals surface area contributed by atoms with Gasteiger partial charge in [-0.3, -0.25) is 4.79 Å². The van der Waals surface area contributed by atoms with Crippen LogP contribution in [0.5, 0.6) is 28.7 Å². The summed E-state index contributed by atoms with van der Waals surface area (Å²) in [5.74, 6) is 1.77. The maximum Gasteiger partial charge on any atom is 0.323 e. The molecule has 14 heteroatoms. The van der Waals surface area contributed by atoms with Crippen molar-refractivity contribution < 1.29 is 43.2 Å². The average Bonchev–Trinajstić information content (AvgIpc) is 3.71. The highest BCUT2D eigenvalue weighted by atomic mass is 16.7. The third-order valence-electron chi connectivity index (χ3n) is 7.99. The molecule has 0 radical (unpaired) electrons. The number of nitrogens with zero attached hydrogens (tertiary/aromatic N) is 2. The maximum atomic E-state index is 13.8. The van der Waals surface area contributed by atoms with Gasteiger partial charge in [-0.2, -0.15) is 0 Å². The summed E-state index contributed by atoms with van der Waals surface area (Å²) in [6, 6.07) is 13.6. The molecule has 4 N–H and O–H groups in total. The molecule has 0 spiro atoms. The zero-order chi connectivity index (χ0) is 32.4. The van der Waals surface area contributed by atoms with Crippen LogP contribution < -0.4 is 39.6 Å². The smallest absolute Gasteiger partial charge is 0.323 e. The Morgan fingerprint density at radius 1 is 0.935 bits per heavy atom. The number of para-hydroxylation sites is 1. The Kier molecular flexibility index (Phi) is 8.61. The second kappa shape index (κ2) is 12.9. The Bertz CT molecular complexity index is 1650. The molecule has 3 aliphatic heterocycles. The molecule has 242 valence electrons. The van der Waals surface area contributed by atoms with Gasteiger partial charge in [-0.25, -0.2) is 9.59 Å². The van der Waals surface area contributed by atoms with Gasteiger partial charge in [0.2, 0.25) is 13.6 Å². The lowest BCUT2D eigenvalue weighted by atomic mass is 9.99. The van der Waals surface area contributed by atoms with E-state index in [-0.39, 0.29) is 68.1 Å². The molecular formula is C32H35N5O9. The minimum Gasteiger partial charge on any atom is -0.485 e. The first-order chi connectivity index (χ1) is 22.2. The molecule has 3 aromatic rings. The van der Waals surface area contributed by atoms with Crippen LogP contribution in [0.25, 0.3) is 0 Å². The number of aliphatic hydroxyl groups excluding tert-OH is 1. The van der Waals surface area contributed by atoms with Crippen molar-refractivity contribution in [1.29, 1.82) is 0 Å². The molecule has 0 unspecified atom stereocenters. The van der Waals surface area contributed by atoms with Crippen LogP contribution in [-0.4, -0.2) is 85.4 Å². The van der Waals surface area contributed by atoms with Crippen molar-refractivity contribution in [2.24, 2.45) is 5.92 Å². The van der Waals surface area contributed by atoms with E-state index in [1.54, 1.807) is 73.5 Å². The summed E-state index contributed by atoms with van der Waals surface area (Å²) in [6.07, 6.45) is -0.604. The number of anilines is 3. The zero-order valence-electron chi connectivity index (χ0n) is 25.6. The molecule has 0 fully saturated rings. The van der Waals surface area contributed by atoms with E-state index in [0.717, 1.165) is 0 Å². The van der Waals surface area contributed by atoms with Crippen LogP contribution in [0.3, 0.4) is 0 Å². The van der Waals surface area contributed by atoms with Crippen molar-refractivity contribution in [2.75, 3.05) is 56.3 Å². The van der Waals surface area contributed by atoms with E-state index in [0.29, 0.717) is 34.4 Å². The van der Waals surface area contributed by atoms with Gasteiger partial charge in [0.25, 0.3) is 5.91 Å². The lowest BCUT2D eigenvalue weighted by molar-refractivity contribution is 0.0373. The van der Waals surface area contributed by atoms with Gasteiger partial charge < -0.3 is 54.5 Å². The summed E-state index contributed by atoms with van der Waals surface area (Å²) in [5.41, 5.74) is 1.48. The largest absolute Gasteiger partial charge is 0.485 e. The first kappa shape index (κ1) is 30.6. The van der Waals surface area contributed by atoms with Crippen molar-refractivity contribution >= 4 is 35.0 Å². The Morgan fingerprint density at radius 2 is 1.57 bits per heavy atom. The summed E-state index contributed by atoms with van der Waals surface area (Å²) in [4.78, 5) is 43.2. The van der Waals surface area contributed by atoms with Crippen molar-refractivity contribution in [1.82, 2.24) is 9.80 Å². The van der Waals surface area contributed by atoms with E-state index in [1.807, 2.05) is 6.92 Å². The molecule has 3 heterocycles. The number of hydrogen-bond donors (Lipinski definition) is 4. The van der Waals surface area contributed by atoms with Crippen molar-refractivity contribution in [2.45, 2.75) is 26.0 Å². The number of fused-ring (bicyclic) bond motifs is 3. The van der Waals surface area contributed by atoms with E-state index >= 15 is 0 Å². The number of carbonyl (C=O) groups is 3. The fourth-order valence-electron chi connectivity index (χ4n) is 5.36. The van der Waals surface area contributed by atoms with E-state index in [1.165, 1.54) is 4.90 Å². The standard InChI is InChI=1S/C32H35N5O9/c1-18-13-37(19(2)15-38)30(39)22-5-4-6-23(35-31(40)33-20-7-9-24-26(11-20)44-16-42-24)29(22)46-28(18)14-36(3)32(41)34-21-8-10-25-27(12-21)45-17-43-25/h4-12,18-19,28,38H,13-17H2,1-3H3,(H,34,41)(H2,33,35,40)/t18-,19-,28+/m0/s1. The molecule has 0 saturated carbocycles. The minimum atomic E-state index is -0.604. The number of aliphatic hydroxyl groups is 1. The lowest BCUT2D eigenvalue weighted by Crippen LogP contribution is -2.50. The first-order valence-corrected chi connectivity index (χ1v) is 14.8. The molecule has 3 aromatic carbocycles. The third kappa shape index (κ3) is 6.38. The van der Waals surface area contributed by atoms with Crippen LogP contribution in [0.4, 0.5) is 26.7 Å². The van der Waals surface area contributed by atoms with Crippen LogP contribution in [0, 0.1) is 5.92 Å². The summed E-state index contributed by atoms with van der Waals surface area (Å²) >= 11 is 0. The minimum absolute atomic E-state index is 0.104. The highest BCUT2D eigenvalue weighted by molar-refractivity contribution is 6.04. The van der Waals surface area contributed by atoms with Gasteiger partial charge in [-0.15, -0.1) is 0 Å². The van der Waals surface area contributed by atoms with E-state index in [2.05, 4.69) is 16.0 Å². The molecule has 5 amide bonds. The van der Waals surface area contributed by atoms with Gasteiger partial charge in [0.1, 0.15) is 6.10 Å². The predicted molar refractivity (Wildman–Crippen MR) is 167 cm³/mol. The number of carbonyl (C=O) groups excluding carboxylic acids is 3. The van der Waals surface area contributed by atoms with Crippen LogP contribution in [0.1, 0.15) is 24.2 Å². The molecular weight excluding hydrogens is 598 g/mol. The van der Waals surface area contributed by atoms with Crippen LogP contribution in [-0.2, 0) is 0 Å². The van der Waals surface area contributed by atoms with Crippen LogP contribution in [0.15, 0.2) is 54.6 Å². The third-order valence-corrected chi connectivity index (χ3v) is 7.99. The van der Waals surface area contributed by atoms with Gasteiger partial charge in [0.05, 0.1) is 30.4 Å². The highest BCUT2D eigenvalue weighted by Gasteiger charge is 2.35. The quantitative estimate of drug-likeness (QED) is 0.299. The number of ether oxygens (including phenoxy) is 5. The SMILES string of the molecule is C[C@H]1CN([C@@H](C)CO)C(=O)c2cccc(NC(=O)Nc3ccc4c(c3)OCO4)c2O[C@@H]1CN(C)C(=O)Nc1ccc2c(c1)OCO2. The van der Waals surface area contributed by atoms with Gasteiger partial charge >= 0.3 is 12.1 Å². The Hall–Kier alpha value is -5.37. The number of amides is 5. The molecule has 0 aromatic heterocycles. The number of rotatable bonds is 7. The fraction of sp³-hybridized carbons (Fsp3) is 0.344. The summed E-state index contributed by atoms with van der Waals surface area (Å²) in [6.45, 7) is 4.06. The van der Waals surface area contributed by atoms with Gasteiger partial charge in [-0.05, 0) is 43.3 Å². The molecule has 46 heavy (non-hydrogen) atoms. The van der Waals surface area contributed by atoms with E-state index < -0.39 is 18.2 Å². The van der Waals surface area contributed by atoms with E-state index in [9.17, 15) is 19.5 Å². The topological polar surface area (TPSA) is 160 Å². The summed E-state index contributed by atoms with van der Waals surface area (Å²) < 4.78 is 28.0. The number of likely N-dealkylation sites (N-methyl/N-ethyl adjacent to an activating group) is 1. The number of hydrogen-bond acceptors (Lipinski definition) is 9. The number of benzene rings is 3. The fourth-order valence-corrected chi connectivity index (χ4v) is 5.36. The molecule has 14 nitrogen and oxygen atoms in total. The molecule has 3 aliphatic rings.